The number of halogens is 3. The first-order valence-corrected chi connectivity index (χ1v) is 3.24. The molecule has 0 amide bonds. The van der Waals surface area contributed by atoms with Crippen molar-refractivity contribution in [1.29, 1.82) is 0 Å². The Hall–Kier alpha value is -1.72. The van der Waals surface area contributed by atoms with E-state index in [4.69, 9.17) is 11.6 Å². The summed E-state index contributed by atoms with van der Waals surface area (Å²) in [4.78, 5) is 0. The fourth-order valence-electron chi connectivity index (χ4n) is 0.851. The van der Waals surface area contributed by atoms with Crippen molar-refractivity contribution in [2.75, 3.05) is 0 Å². The van der Waals surface area contributed by atoms with Gasteiger partial charge in [-0.2, -0.15) is 5.10 Å². The zero-order valence-electron chi connectivity index (χ0n) is 6.39. The van der Waals surface area contributed by atoms with E-state index in [1.54, 1.807) is 0 Å². The van der Waals surface area contributed by atoms with Crippen LogP contribution in [0.3, 0.4) is 0 Å². The molecule has 3 nitrogen and oxygen atoms in total. The lowest BCUT2D eigenvalue weighted by Gasteiger charge is -2.02. The van der Waals surface area contributed by atoms with Crippen LogP contribution < -0.4 is 11.6 Å². The van der Waals surface area contributed by atoms with Gasteiger partial charge in [-0.05, 0) is 0 Å². The van der Waals surface area contributed by atoms with E-state index < -0.39 is 28.9 Å². The molecule has 0 saturated heterocycles. The van der Waals surface area contributed by atoms with Crippen LogP contribution in [-0.2, 0) is 0 Å². The average Bonchev–Trinajstić information content (AvgIpc) is 2.02. The highest BCUT2D eigenvalue weighted by atomic mass is 19.1. The molecule has 0 bridgehead atoms. The minimum Gasteiger partial charge on any atom is -0.382 e. The van der Waals surface area contributed by atoms with Gasteiger partial charge in [0.2, 0.25) is 0 Å². The number of rotatable bonds is 1. The predicted molar refractivity (Wildman–Crippen MR) is 41.2 cm³/mol. The zero-order valence-corrected chi connectivity index (χ0v) is 6.39. The summed E-state index contributed by atoms with van der Waals surface area (Å²) in [7, 11) is 0. The Morgan fingerprint density at radius 3 is 2.00 bits per heavy atom. The smallest absolute Gasteiger partial charge is 0.156 e. The third-order valence-corrected chi connectivity index (χ3v) is 1.40. The highest BCUT2D eigenvalue weighted by Gasteiger charge is 2.14. The van der Waals surface area contributed by atoms with Gasteiger partial charge in [0.1, 0.15) is 17.5 Å². The summed E-state index contributed by atoms with van der Waals surface area (Å²) >= 11 is 0. The molecule has 6 heteroatoms. The molecule has 0 aromatic heterocycles. The maximum absolute atomic E-state index is 12.9. The number of benzene rings is 1. The van der Waals surface area contributed by atoms with E-state index in [1.165, 1.54) is 0 Å². The monoisotopic (exact) mass is 189 g/mol. The molecule has 0 atom stereocenters. The summed E-state index contributed by atoms with van der Waals surface area (Å²) in [6.45, 7) is 0. The molecule has 0 saturated carbocycles. The second kappa shape index (κ2) is 3.34. The van der Waals surface area contributed by atoms with Gasteiger partial charge in [0.15, 0.2) is 5.84 Å². The van der Waals surface area contributed by atoms with Crippen LogP contribution in [0.1, 0.15) is 5.56 Å². The van der Waals surface area contributed by atoms with Crippen molar-refractivity contribution in [2.45, 2.75) is 0 Å². The first-order chi connectivity index (χ1) is 6.06. The van der Waals surface area contributed by atoms with Gasteiger partial charge in [-0.15, -0.1) is 0 Å². The maximum atomic E-state index is 12.9. The Morgan fingerprint density at radius 2 is 1.62 bits per heavy atom. The van der Waals surface area contributed by atoms with Crippen LogP contribution in [0.25, 0.3) is 0 Å². The number of hydrogen-bond donors (Lipinski definition) is 2. The van der Waals surface area contributed by atoms with Crippen LogP contribution in [0, 0.1) is 17.5 Å². The van der Waals surface area contributed by atoms with Gasteiger partial charge in [0.25, 0.3) is 0 Å². The molecule has 0 spiro atoms. The van der Waals surface area contributed by atoms with E-state index in [-0.39, 0.29) is 0 Å². The summed E-state index contributed by atoms with van der Waals surface area (Å²) < 4.78 is 38.1. The number of amidine groups is 1. The van der Waals surface area contributed by atoms with Crippen molar-refractivity contribution in [3.05, 3.63) is 35.1 Å². The van der Waals surface area contributed by atoms with Gasteiger partial charge in [-0.1, -0.05) is 0 Å². The Morgan fingerprint density at radius 1 is 1.15 bits per heavy atom. The zero-order chi connectivity index (χ0) is 10.0. The lowest BCUT2D eigenvalue weighted by Crippen LogP contribution is -2.19. The normalized spacial score (nSPS) is 11.8. The van der Waals surface area contributed by atoms with Crippen molar-refractivity contribution in [2.24, 2.45) is 16.7 Å². The molecule has 0 radical (unpaired) electrons. The minimum atomic E-state index is -1.14. The second-order valence-corrected chi connectivity index (χ2v) is 2.26. The van der Waals surface area contributed by atoms with Crippen LogP contribution in [0.2, 0.25) is 0 Å². The largest absolute Gasteiger partial charge is 0.382 e. The Balaban J connectivity index is 3.37. The third-order valence-electron chi connectivity index (χ3n) is 1.40. The minimum absolute atomic E-state index is 0.496. The van der Waals surface area contributed by atoms with E-state index in [0.717, 1.165) is 0 Å². The topological polar surface area (TPSA) is 64.4 Å². The quantitative estimate of drug-likeness (QED) is 0.295. The SMILES string of the molecule is NN=C(N)c1c(F)cc(F)cc1F. The number of hydrogen-bond acceptors (Lipinski definition) is 2. The van der Waals surface area contributed by atoms with Crippen LogP contribution in [0.5, 0.6) is 0 Å². The molecule has 70 valence electrons. The molecule has 0 unspecified atom stereocenters. The van der Waals surface area contributed by atoms with E-state index in [9.17, 15) is 13.2 Å². The molecule has 0 fully saturated rings. The number of hydrazone groups is 1. The van der Waals surface area contributed by atoms with E-state index in [0.29, 0.717) is 12.1 Å². The standard InChI is InChI=1S/C7H6F3N3/c8-3-1-4(9)6(5(10)2-3)7(11)13-12/h1-2H,12H2,(H2,11,13). The van der Waals surface area contributed by atoms with Crippen molar-refractivity contribution in [1.82, 2.24) is 0 Å². The summed E-state index contributed by atoms with van der Waals surface area (Å²) in [5.41, 5.74) is 4.45. The Labute approximate surface area is 71.8 Å². The van der Waals surface area contributed by atoms with Crippen LogP contribution in [0.4, 0.5) is 13.2 Å². The maximum Gasteiger partial charge on any atom is 0.156 e. The predicted octanol–water partition coefficient (Wildman–Crippen LogP) is 0.683. The Kier molecular flexibility index (Phi) is 2.41. The second-order valence-electron chi connectivity index (χ2n) is 2.26. The number of nitrogens with zero attached hydrogens (tertiary/aromatic N) is 1. The van der Waals surface area contributed by atoms with Gasteiger partial charge >= 0.3 is 0 Å². The summed E-state index contributed by atoms with van der Waals surface area (Å²) in [5, 5.41) is 2.90. The lowest BCUT2D eigenvalue weighted by atomic mass is 10.2. The highest BCUT2D eigenvalue weighted by molar-refractivity contribution is 5.97. The molecule has 0 heterocycles. The highest BCUT2D eigenvalue weighted by Crippen LogP contribution is 2.13. The van der Waals surface area contributed by atoms with Crippen LogP contribution >= 0.6 is 0 Å². The van der Waals surface area contributed by atoms with Crippen LogP contribution in [0.15, 0.2) is 17.2 Å². The molecule has 13 heavy (non-hydrogen) atoms. The summed E-state index contributed by atoms with van der Waals surface area (Å²) in [6.07, 6.45) is 0. The van der Waals surface area contributed by atoms with Crippen LogP contribution in [-0.4, -0.2) is 5.84 Å². The summed E-state index contributed by atoms with van der Waals surface area (Å²) in [5.74, 6) is 0.903. The molecule has 1 aromatic rings. The van der Waals surface area contributed by atoms with Gasteiger partial charge in [0, 0.05) is 12.1 Å². The van der Waals surface area contributed by atoms with Gasteiger partial charge < -0.3 is 11.6 Å². The van der Waals surface area contributed by atoms with Crippen molar-refractivity contribution < 1.29 is 13.2 Å². The third kappa shape index (κ3) is 1.71. The molecular weight excluding hydrogens is 183 g/mol. The fourth-order valence-corrected chi connectivity index (χ4v) is 0.851. The summed E-state index contributed by atoms with van der Waals surface area (Å²) in [6, 6.07) is 0.993. The van der Waals surface area contributed by atoms with Crippen molar-refractivity contribution in [3.8, 4) is 0 Å². The molecule has 0 aliphatic carbocycles. The van der Waals surface area contributed by atoms with Crippen molar-refractivity contribution in [3.63, 3.8) is 0 Å². The first kappa shape index (κ1) is 9.37. The van der Waals surface area contributed by atoms with E-state index in [2.05, 4.69) is 5.10 Å². The van der Waals surface area contributed by atoms with Gasteiger partial charge in [-0.25, -0.2) is 13.2 Å². The number of nitrogens with two attached hydrogens (primary N) is 2. The lowest BCUT2D eigenvalue weighted by molar-refractivity contribution is 0.540. The molecular formula is C7H6F3N3. The van der Waals surface area contributed by atoms with Gasteiger partial charge in [0.05, 0.1) is 5.56 Å². The molecule has 0 aliphatic heterocycles. The average molecular weight is 189 g/mol. The van der Waals surface area contributed by atoms with E-state index >= 15 is 0 Å². The van der Waals surface area contributed by atoms with Gasteiger partial charge in [-0.3, -0.25) is 0 Å². The fraction of sp³-hybridized carbons (Fsp3) is 0. The molecule has 0 aliphatic rings. The van der Waals surface area contributed by atoms with E-state index in [1.807, 2.05) is 0 Å². The first-order valence-electron chi connectivity index (χ1n) is 3.24. The Bertz CT molecular complexity index is 339. The molecule has 1 rings (SSSR count). The molecule has 4 N–H and O–H groups in total. The molecule has 1 aromatic carbocycles. The van der Waals surface area contributed by atoms with Crippen molar-refractivity contribution >= 4 is 5.84 Å².